The number of hydrogen-bond acceptors (Lipinski definition) is 2. The van der Waals surface area contributed by atoms with E-state index in [0.717, 1.165) is 0 Å². The van der Waals surface area contributed by atoms with Crippen molar-refractivity contribution in [1.82, 2.24) is 4.57 Å². The van der Waals surface area contributed by atoms with Gasteiger partial charge in [0, 0.05) is 7.05 Å². The molecule has 1 aliphatic rings. The van der Waals surface area contributed by atoms with Crippen LogP contribution in [0.4, 0.5) is 11.4 Å². The number of imidazole rings is 1. The Morgan fingerprint density at radius 1 is 0.580 bits per heavy atom. The van der Waals surface area contributed by atoms with Crippen LogP contribution in [-0.2, 0) is 12.6 Å². The molecule has 0 amide bonds. The van der Waals surface area contributed by atoms with Gasteiger partial charge in [0.2, 0.25) is 0 Å². The van der Waals surface area contributed by atoms with Crippen molar-refractivity contribution >= 4 is 22.4 Å². The predicted octanol–water partition coefficient (Wildman–Crippen LogP) is 9.95. The highest BCUT2D eigenvalue weighted by Crippen LogP contribution is 2.53. The number of benzene rings is 6. The normalized spacial score (nSPS) is 15.4. The van der Waals surface area contributed by atoms with Crippen molar-refractivity contribution in [2.45, 2.75) is 46.3 Å². The highest BCUT2D eigenvalue weighted by molar-refractivity contribution is 5.84. The van der Waals surface area contributed by atoms with Crippen LogP contribution in [0.25, 0.3) is 27.8 Å². The number of aryl methyl sites for hydroxylation is 4. The van der Waals surface area contributed by atoms with Crippen LogP contribution < -0.4 is 14.4 Å². The Labute approximate surface area is 296 Å². The van der Waals surface area contributed by atoms with Crippen LogP contribution in [-0.4, -0.2) is 17.8 Å². The predicted molar refractivity (Wildman–Crippen MR) is 208 cm³/mol. The van der Waals surface area contributed by atoms with Crippen LogP contribution in [0.2, 0.25) is 0 Å². The van der Waals surface area contributed by atoms with E-state index in [1.807, 2.05) is 0 Å². The summed E-state index contributed by atoms with van der Waals surface area (Å²) in [5, 5.41) is 0. The summed E-state index contributed by atoms with van der Waals surface area (Å²) >= 11 is 0. The van der Waals surface area contributed by atoms with Gasteiger partial charge in [0.25, 0.3) is 5.82 Å². The largest absolute Gasteiger partial charge is 0.353 e. The first-order valence-electron chi connectivity index (χ1n) is 17.7. The summed E-state index contributed by atoms with van der Waals surface area (Å²) in [6.07, 6.45) is 0.0264. The van der Waals surface area contributed by atoms with Crippen molar-refractivity contribution in [1.29, 1.82) is 0 Å². The molecule has 0 saturated carbocycles. The van der Waals surface area contributed by atoms with E-state index in [1.54, 1.807) is 0 Å². The van der Waals surface area contributed by atoms with Crippen LogP contribution in [0.3, 0.4) is 0 Å². The van der Waals surface area contributed by atoms with E-state index < -0.39 is 5.54 Å². The molecule has 1 aromatic heterocycles. The van der Waals surface area contributed by atoms with Gasteiger partial charge in [0.15, 0.2) is 16.6 Å². The summed E-state index contributed by atoms with van der Waals surface area (Å²) in [4.78, 5) is 5.12. The molecule has 248 valence electrons. The minimum atomic E-state index is -0.785. The molecule has 0 N–H and O–H groups in total. The lowest BCUT2D eigenvalue weighted by Crippen LogP contribution is -2.59. The summed E-state index contributed by atoms with van der Waals surface area (Å²) in [6, 6.07) is 51.4. The average molecular weight is 654 g/mol. The van der Waals surface area contributed by atoms with Crippen molar-refractivity contribution in [2.24, 2.45) is 7.05 Å². The molecule has 1 aliphatic heterocycles. The SMILES string of the molecule is Cc1ccccc1-c1cccc(C(c2ccccc2)(c2n(-c3c(C)cccc3C)c3ccccc3[n+]2C)N2c3ccccc3N(C)[C@@H]2C)c1C. The quantitative estimate of drug-likeness (QED) is 0.166. The van der Waals surface area contributed by atoms with Crippen molar-refractivity contribution in [3.63, 3.8) is 0 Å². The van der Waals surface area contributed by atoms with E-state index >= 15 is 0 Å². The second kappa shape index (κ2) is 12.1. The van der Waals surface area contributed by atoms with Crippen LogP contribution in [0, 0.1) is 27.7 Å². The van der Waals surface area contributed by atoms with Crippen LogP contribution in [0.1, 0.15) is 46.1 Å². The summed E-state index contributed by atoms with van der Waals surface area (Å²) in [7, 11) is 4.49. The molecule has 7 aromatic rings. The molecule has 1 unspecified atom stereocenters. The molecule has 0 saturated heterocycles. The molecule has 0 aliphatic carbocycles. The lowest BCUT2D eigenvalue weighted by atomic mass is 9.75. The second-order valence-corrected chi connectivity index (χ2v) is 13.9. The Hall–Kier alpha value is -5.61. The number of para-hydroxylation sites is 5. The molecule has 50 heavy (non-hydrogen) atoms. The van der Waals surface area contributed by atoms with Gasteiger partial charge >= 0.3 is 0 Å². The van der Waals surface area contributed by atoms with Crippen molar-refractivity contribution in [2.75, 3.05) is 16.8 Å². The molecule has 2 atom stereocenters. The summed E-state index contributed by atoms with van der Waals surface area (Å²) in [6.45, 7) is 11.4. The Bertz CT molecular complexity index is 2370. The molecule has 4 heteroatoms. The van der Waals surface area contributed by atoms with Gasteiger partial charge in [-0.2, -0.15) is 4.57 Å². The maximum atomic E-state index is 2.69. The molecular weight excluding hydrogens is 609 g/mol. The number of nitrogens with zero attached hydrogens (tertiary/aromatic N) is 4. The van der Waals surface area contributed by atoms with E-state index in [1.165, 1.54) is 78.4 Å². The summed E-state index contributed by atoms with van der Waals surface area (Å²) in [5.41, 5.74) is 15.3. The van der Waals surface area contributed by atoms with Gasteiger partial charge in [-0.05, 0) is 103 Å². The smallest absolute Gasteiger partial charge is 0.298 e. The zero-order valence-electron chi connectivity index (χ0n) is 30.1. The van der Waals surface area contributed by atoms with Crippen molar-refractivity contribution in [3.05, 3.63) is 179 Å². The van der Waals surface area contributed by atoms with Gasteiger partial charge in [-0.3, -0.25) is 0 Å². The van der Waals surface area contributed by atoms with Crippen LogP contribution >= 0.6 is 0 Å². The first kappa shape index (κ1) is 31.6. The fourth-order valence-corrected chi connectivity index (χ4v) is 8.76. The van der Waals surface area contributed by atoms with Crippen molar-refractivity contribution < 1.29 is 4.57 Å². The van der Waals surface area contributed by atoms with E-state index in [-0.39, 0.29) is 6.17 Å². The first-order chi connectivity index (χ1) is 24.3. The summed E-state index contributed by atoms with van der Waals surface area (Å²) in [5.74, 6) is 1.18. The van der Waals surface area contributed by atoms with Gasteiger partial charge in [-0.15, -0.1) is 0 Å². The fourth-order valence-electron chi connectivity index (χ4n) is 8.76. The molecule has 4 nitrogen and oxygen atoms in total. The monoisotopic (exact) mass is 653 g/mol. The van der Waals surface area contributed by atoms with Crippen LogP contribution in [0.15, 0.2) is 140 Å². The molecule has 6 aromatic carbocycles. The van der Waals surface area contributed by atoms with Crippen LogP contribution in [0.5, 0.6) is 0 Å². The van der Waals surface area contributed by atoms with Gasteiger partial charge < -0.3 is 9.80 Å². The number of fused-ring (bicyclic) bond motifs is 2. The van der Waals surface area contributed by atoms with Crippen molar-refractivity contribution in [3.8, 4) is 16.8 Å². The zero-order valence-corrected chi connectivity index (χ0v) is 30.1. The fraction of sp³-hybridized carbons (Fsp3) is 0.196. The average Bonchev–Trinajstić information content (AvgIpc) is 3.57. The van der Waals surface area contributed by atoms with E-state index in [2.05, 4.69) is 207 Å². The minimum absolute atomic E-state index is 0.0264. The lowest BCUT2D eigenvalue weighted by molar-refractivity contribution is -0.656. The number of rotatable bonds is 6. The molecule has 0 spiro atoms. The third-order valence-corrected chi connectivity index (χ3v) is 11.2. The van der Waals surface area contributed by atoms with Gasteiger partial charge in [-0.25, -0.2) is 4.57 Å². The van der Waals surface area contributed by atoms with Gasteiger partial charge in [0.1, 0.15) is 11.9 Å². The highest BCUT2D eigenvalue weighted by Gasteiger charge is 2.57. The Balaban J connectivity index is 1.64. The second-order valence-electron chi connectivity index (χ2n) is 13.9. The molecule has 0 fully saturated rings. The third-order valence-electron chi connectivity index (χ3n) is 11.2. The maximum Gasteiger partial charge on any atom is 0.298 e. The molecule has 2 heterocycles. The van der Waals surface area contributed by atoms with E-state index in [9.17, 15) is 0 Å². The minimum Gasteiger partial charge on any atom is -0.353 e. The molecule has 0 radical (unpaired) electrons. The first-order valence-corrected chi connectivity index (χ1v) is 17.7. The third kappa shape index (κ3) is 4.47. The molecule has 0 bridgehead atoms. The number of aromatic nitrogens is 2. The topological polar surface area (TPSA) is 15.3 Å². The lowest BCUT2D eigenvalue weighted by Gasteiger charge is -2.45. The van der Waals surface area contributed by atoms with Gasteiger partial charge in [0.05, 0.1) is 18.4 Å². The summed E-state index contributed by atoms with van der Waals surface area (Å²) < 4.78 is 5.03. The Morgan fingerprint density at radius 3 is 1.90 bits per heavy atom. The number of hydrogen-bond donors (Lipinski definition) is 0. The zero-order chi connectivity index (χ0) is 34.7. The van der Waals surface area contributed by atoms with E-state index in [4.69, 9.17) is 0 Å². The Kier molecular flexibility index (Phi) is 7.64. The molecule has 8 rings (SSSR count). The van der Waals surface area contributed by atoms with E-state index in [0.29, 0.717) is 0 Å². The van der Waals surface area contributed by atoms with Gasteiger partial charge in [-0.1, -0.05) is 115 Å². The standard InChI is InChI=1S/C46H45N4/c1-31-19-11-12-24-37(31)38-25-18-26-39(34(38)4)46(36-22-9-8-10-23-36,50-35(5)47(6)41-28-14-16-30-43(41)50)45-48(7)40-27-13-15-29-42(40)49(45)44-32(2)20-17-21-33(44)3/h8-30,35H,1-7H3/q+1/t35-,46?/m0/s1. The number of anilines is 2. The Morgan fingerprint density at radius 2 is 1.16 bits per heavy atom. The highest BCUT2D eigenvalue weighted by atomic mass is 15.4. The maximum absolute atomic E-state index is 2.69. The molecular formula is C46H45N4+.